The van der Waals surface area contributed by atoms with Crippen LogP contribution in [-0.2, 0) is 33.8 Å². The van der Waals surface area contributed by atoms with E-state index in [0.717, 1.165) is 38.1 Å². The van der Waals surface area contributed by atoms with Crippen LogP contribution in [0.1, 0.15) is 29.5 Å². The number of sulfonamides is 1. The van der Waals surface area contributed by atoms with Crippen LogP contribution in [0.5, 0.6) is 11.5 Å². The summed E-state index contributed by atoms with van der Waals surface area (Å²) in [7, 11) is -3.07. The summed E-state index contributed by atoms with van der Waals surface area (Å²) in [6, 6.07) is 8.18. The molecule has 0 atom stereocenters. The minimum atomic E-state index is -4.66. The van der Waals surface area contributed by atoms with Crippen LogP contribution >= 0.6 is 0 Å². The van der Waals surface area contributed by atoms with Gasteiger partial charge in [-0.1, -0.05) is 12.1 Å². The van der Waals surface area contributed by atoms with Gasteiger partial charge in [-0.05, 0) is 55.0 Å². The van der Waals surface area contributed by atoms with Gasteiger partial charge in [0.05, 0.1) is 17.6 Å². The number of aldehydes is 1. The van der Waals surface area contributed by atoms with Crippen molar-refractivity contribution in [2.24, 2.45) is 5.14 Å². The molecule has 0 bridgehead atoms. The Bertz CT molecular complexity index is 990. The maximum atomic E-state index is 12.4. The normalized spacial score (nSPS) is 13.5. The highest BCUT2D eigenvalue weighted by molar-refractivity contribution is 7.89. The number of alkyl halides is 3. The van der Waals surface area contributed by atoms with E-state index in [1.165, 1.54) is 24.0 Å². The monoisotopic (exact) mass is 445 g/mol. The first-order valence-electron chi connectivity index (χ1n) is 9.02. The minimum Gasteiger partial charge on any atom is -0.497 e. The predicted molar refractivity (Wildman–Crippen MR) is 104 cm³/mol. The second-order valence-corrected chi connectivity index (χ2v) is 8.08. The van der Waals surface area contributed by atoms with Gasteiger partial charge in [0.15, 0.2) is 6.29 Å². The van der Waals surface area contributed by atoms with E-state index in [1.54, 1.807) is 0 Å². The molecule has 30 heavy (non-hydrogen) atoms. The molecule has 0 saturated heterocycles. The molecule has 1 aliphatic rings. The van der Waals surface area contributed by atoms with Crippen molar-refractivity contribution in [3.63, 3.8) is 0 Å². The zero-order chi connectivity index (χ0) is 22.4. The van der Waals surface area contributed by atoms with Crippen molar-refractivity contribution in [3.8, 4) is 11.5 Å². The molecule has 0 amide bonds. The quantitative estimate of drug-likeness (QED) is 0.711. The van der Waals surface area contributed by atoms with Gasteiger partial charge in [-0.15, -0.1) is 0 Å². The number of ether oxygens (including phenoxy) is 2. The smallest absolute Gasteiger partial charge is 0.416 e. The number of halogens is 3. The standard InChI is InChI=1S/C12H14O2.C8H8F3NO3S/c13-8-9-14-12-7-3-5-10-4-1-2-6-11(10)12;1-15-6-2-5(8(9,10)11)3-7(4-6)16(12,13)14/h3,5,7-8H,1-2,4,6,9H2;2-4H,1H3,(H2,12,13,14). The predicted octanol–water partition coefficient (Wildman–Crippen LogP) is 3.50. The van der Waals surface area contributed by atoms with E-state index in [-0.39, 0.29) is 12.4 Å². The lowest BCUT2D eigenvalue weighted by Crippen LogP contribution is -2.14. The molecule has 0 saturated carbocycles. The number of hydrogen-bond acceptors (Lipinski definition) is 5. The molecule has 1 aliphatic carbocycles. The molecular weight excluding hydrogens is 423 g/mol. The Morgan fingerprint density at radius 2 is 1.83 bits per heavy atom. The number of methoxy groups -OCH3 is 1. The fraction of sp³-hybridized carbons (Fsp3) is 0.350. The molecule has 0 radical (unpaired) electrons. The summed E-state index contributed by atoms with van der Waals surface area (Å²) < 4.78 is 69.0. The minimum absolute atomic E-state index is 0.163. The first-order valence-corrected chi connectivity index (χ1v) is 10.6. The molecule has 0 fully saturated rings. The number of fused-ring (bicyclic) bond motifs is 1. The van der Waals surface area contributed by atoms with E-state index >= 15 is 0 Å². The zero-order valence-electron chi connectivity index (χ0n) is 16.2. The highest BCUT2D eigenvalue weighted by Crippen LogP contribution is 2.33. The van der Waals surface area contributed by atoms with E-state index in [4.69, 9.17) is 9.88 Å². The number of primary sulfonamides is 1. The summed E-state index contributed by atoms with van der Waals surface area (Å²) in [5.74, 6) is 0.674. The van der Waals surface area contributed by atoms with Gasteiger partial charge in [-0.3, -0.25) is 4.79 Å². The van der Waals surface area contributed by atoms with Crippen LogP contribution in [0.15, 0.2) is 41.3 Å². The number of rotatable bonds is 5. The molecule has 3 rings (SSSR count). The van der Waals surface area contributed by atoms with E-state index in [1.807, 2.05) is 12.1 Å². The topological polar surface area (TPSA) is 95.7 Å². The van der Waals surface area contributed by atoms with Crippen LogP contribution < -0.4 is 14.6 Å². The Balaban J connectivity index is 0.000000215. The summed E-state index contributed by atoms with van der Waals surface area (Å²) >= 11 is 0. The zero-order valence-corrected chi connectivity index (χ0v) is 17.1. The van der Waals surface area contributed by atoms with E-state index < -0.39 is 26.7 Å². The summed E-state index contributed by atoms with van der Waals surface area (Å²) in [6.45, 7) is 0.163. The first-order chi connectivity index (χ1) is 14.1. The number of hydrogen-bond donors (Lipinski definition) is 1. The van der Waals surface area contributed by atoms with Crippen LogP contribution in [-0.4, -0.2) is 28.4 Å². The lowest BCUT2D eigenvalue weighted by Gasteiger charge is -2.18. The maximum Gasteiger partial charge on any atom is 0.416 e. The summed E-state index contributed by atoms with van der Waals surface area (Å²) in [4.78, 5) is 9.58. The average molecular weight is 445 g/mol. The number of carbonyl (C=O) groups is 1. The lowest BCUT2D eigenvalue weighted by atomic mass is 9.91. The summed E-state index contributed by atoms with van der Waals surface area (Å²) in [5, 5.41) is 4.74. The van der Waals surface area contributed by atoms with Crippen LogP contribution in [0.2, 0.25) is 0 Å². The number of nitrogens with two attached hydrogens (primary N) is 1. The van der Waals surface area contributed by atoms with Crippen molar-refractivity contribution in [1.29, 1.82) is 0 Å². The molecule has 0 aliphatic heterocycles. The molecule has 0 unspecified atom stereocenters. The van der Waals surface area contributed by atoms with Crippen molar-refractivity contribution >= 4 is 16.3 Å². The Morgan fingerprint density at radius 3 is 2.43 bits per heavy atom. The second-order valence-electron chi connectivity index (χ2n) is 6.52. The fourth-order valence-electron chi connectivity index (χ4n) is 3.02. The van der Waals surface area contributed by atoms with Crippen molar-refractivity contribution < 1.29 is 35.9 Å². The lowest BCUT2D eigenvalue weighted by molar-refractivity contribution is -0.137. The van der Waals surface area contributed by atoms with Gasteiger partial charge in [-0.25, -0.2) is 13.6 Å². The van der Waals surface area contributed by atoms with Crippen LogP contribution in [0.4, 0.5) is 13.2 Å². The molecule has 164 valence electrons. The van der Waals surface area contributed by atoms with Crippen LogP contribution in [0, 0.1) is 0 Å². The third kappa shape index (κ3) is 6.46. The third-order valence-electron chi connectivity index (χ3n) is 4.43. The average Bonchev–Trinajstić information content (AvgIpc) is 2.71. The first kappa shape index (κ1) is 23.7. The van der Waals surface area contributed by atoms with Gasteiger partial charge in [-0.2, -0.15) is 13.2 Å². The van der Waals surface area contributed by atoms with Gasteiger partial charge in [0.2, 0.25) is 10.0 Å². The van der Waals surface area contributed by atoms with Crippen LogP contribution in [0.25, 0.3) is 0 Å². The molecular formula is C20H22F3NO5S. The van der Waals surface area contributed by atoms with E-state index in [0.29, 0.717) is 12.1 Å². The van der Waals surface area contributed by atoms with Gasteiger partial charge < -0.3 is 9.47 Å². The molecule has 6 nitrogen and oxygen atoms in total. The van der Waals surface area contributed by atoms with Crippen molar-refractivity contribution in [2.45, 2.75) is 36.8 Å². The molecule has 10 heteroatoms. The Kier molecular flexibility index (Phi) is 7.85. The fourth-order valence-corrected chi connectivity index (χ4v) is 3.59. The second kappa shape index (κ2) is 9.94. The van der Waals surface area contributed by atoms with Gasteiger partial charge in [0.1, 0.15) is 18.1 Å². The highest BCUT2D eigenvalue weighted by Gasteiger charge is 2.32. The van der Waals surface area contributed by atoms with Gasteiger partial charge >= 0.3 is 6.18 Å². The molecule has 2 N–H and O–H groups in total. The summed E-state index contributed by atoms with van der Waals surface area (Å²) in [5.41, 5.74) is 1.57. The molecule has 2 aromatic rings. The Labute approximate surface area is 172 Å². The van der Waals surface area contributed by atoms with Gasteiger partial charge in [0.25, 0.3) is 0 Å². The largest absolute Gasteiger partial charge is 0.497 e. The highest BCUT2D eigenvalue weighted by atomic mass is 32.2. The van der Waals surface area contributed by atoms with Gasteiger partial charge in [0, 0.05) is 6.07 Å². The van der Waals surface area contributed by atoms with Crippen molar-refractivity contribution in [3.05, 3.63) is 53.1 Å². The van der Waals surface area contributed by atoms with Crippen molar-refractivity contribution in [1.82, 2.24) is 0 Å². The molecule has 2 aromatic carbocycles. The number of benzene rings is 2. The molecule has 0 heterocycles. The summed E-state index contributed by atoms with van der Waals surface area (Å²) in [6.07, 6.45) is 0.868. The molecule has 0 aromatic heterocycles. The van der Waals surface area contributed by atoms with E-state index in [9.17, 15) is 26.4 Å². The SMILES string of the molecule is COc1cc(C(F)(F)F)cc(S(N)(=O)=O)c1.O=CCOc1cccc2c1CCCC2. The molecule has 0 spiro atoms. The van der Waals surface area contributed by atoms with E-state index in [2.05, 4.69) is 10.8 Å². The number of carbonyl (C=O) groups excluding carboxylic acids is 1. The number of aryl methyl sites for hydroxylation is 1. The third-order valence-corrected chi connectivity index (χ3v) is 5.32. The maximum absolute atomic E-state index is 12.4. The Morgan fingerprint density at radius 1 is 1.13 bits per heavy atom. The van der Waals surface area contributed by atoms with Crippen molar-refractivity contribution in [2.75, 3.05) is 13.7 Å². The Hall–Kier alpha value is -2.59. The van der Waals surface area contributed by atoms with Crippen LogP contribution in [0.3, 0.4) is 0 Å².